The Kier molecular flexibility index (Phi) is 6.77. The fraction of sp³-hybridized carbons (Fsp3) is 0.391. The molecule has 2 aromatic rings. The number of methoxy groups -OCH3 is 1. The lowest BCUT2D eigenvalue weighted by molar-refractivity contribution is -0.117. The normalized spacial score (nSPS) is 19.5. The molecule has 0 radical (unpaired) electrons. The van der Waals surface area contributed by atoms with Crippen molar-refractivity contribution in [2.75, 3.05) is 40.3 Å². The molecule has 0 aromatic heterocycles. The maximum atomic E-state index is 13.1. The van der Waals surface area contributed by atoms with Crippen molar-refractivity contribution in [2.45, 2.75) is 18.3 Å². The molecule has 8 heteroatoms. The highest BCUT2D eigenvalue weighted by atomic mass is 32.2. The molecule has 0 N–H and O–H groups in total. The van der Waals surface area contributed by atoms with Crippen molar-refractivity contribution in [3.63, 3.8) is 0 Å². The average Bonchev–Trinajstić information content (AvgIpc) is 3.14. The number of carbonyl (C=O) groups is 1. The monoisotopic (exact) mass is 443 g/mol. The molecule has 1 unspecified atom stereocenters. The molecule has 31 heavy (non-hydrogen) atoms. The van der Waals surface area contributed by atoms with Crippen LogP contribution in [0, 0.1) is 5.82 Å². The summed E-state index contributed by atoms with van der Waals surface area (Å²) in [6, 6.07) is 11.9. The largest absolute Gasteiger partial charge is 0.493 e. The average molecular weight is 444 g/mol. The van der Waals surface area contributed by atoms with Crippen molar-refractivity contribution in [3.8, 4) is 11.5 Å². The number of halogens is 1. The van der Waals surface area contributed by atoms with Crippen LogP contribution in [0.4, 0.5) is 4.39 Å². The standard InChI is InChI=1S/C23H26FN3O3S/c1-26-9-11-27(12-10-26)23-25-22(28)21(31-23)14-17-5-8-19(20(13-17)29-2)30-15-16-3-6-18(24)7-4-16/h3-8,13,21H,9-12,14-15H2,1-2H3. The molecule has 6 nitrogen and oxygen atoms in total. The zero-order chi connectivity index (χ0) is 21.8. The lowest BCUT2D eigenvalue weighted by Gasteiger charge is -2.33. The van der Waals surface area contributed by atoms with Crippen LogP contribution in [0.2, 0.25) is 0 Å². The third-order valence-corrected chi connectivity index (χ3v) is 6.67. The minimum absolute atomic E-state index is 0.0745. The maximum Gasteiger partial charge on any atom is 0.262 e. The van der Waals surface area contributed by atoms with E-state index in [1.807, 2.05) is 18.2 Å². The van der Waals surface area contributed by atoms with E-state index in [0.29, 0.717) is 24.5 Å². The Morgan fingerprint density at radius 3 is 2.48 bits per heavy atom. The second-order valence-corrected chi connectivity index (χ2v) is 8.90. The Morgan fingerprint density at radius 1 is 1.06 bits per heavy atom. The summed E-state index contributed by atoms with van der Waals surface area (Å²) in [4.78, 5) is 21.3. The molecular weight excluding hydrogens is 417 g/mol. The number of carbonyl (C=O) groups excluding carboxylic acids is 1. The number of amides is 1. The van der Waals surface area contributed by atoms with E-state index in [9.17, 15) is 9.18 Å². The van der Waals surface area contributed by atoms with Gasteiger partial charge in [-0.2, -0.15) is 4.99 Å². The van der Waals surface area contributed by atoms with E-state index in [2.05, 4.69) is 21.8 Å². The molecular formula is C23H26FN3O3S. The zero-order valence-electron chi connectivity index (χ0n) is 17.7. The minimum Gasteiger partial charge on any atom is -0.493 e. The number of rotatable bonds is 6. The summed E-state index contributed by atoms with van der Waals surface area (Å²) < 4.78 is 24.4. The Morgan fingerprint density at radius 2 is 1.77 bits per heavy atom. The van der Waals surface area contributed by atoms with Gasteiger partial charge >= 0.3 is 0 Å². The van der Waals surface area contributed by atoms with Gasteiger partial charge in [0.05, 0.1) is 12.4 Å². The lowest BCUT2D eigenvalue weighted by Crippen LogP contribution is -2.46. The Labute approximate surface area is 186 Å². The number of hydrogen-bond donors (Lipinski definition) is 0. The van der Waals surface area contributed by atoms with E-state index < -0.39 is 0 Å². The first-order valence-corrected chi connectivity index (χ1v) is 11.2. The molecule has 1 saturated heterocycles. The van der Waals surface area contributed by atoms with Crippen molar-refractivity contribution in [1.82, 2.24) is 9.80 Å². The van der Waals surface area contributed by atoms with Gasteiger partial charge in [0, 0.05) is 26.2 Å². The van der Waals surface area contributed by atoms with Gasteiger partial charge in [0.15, 0.2) is 16.7 Å². The Hall–Kier alpha value is -2.58. The predicted molar refractivity (Wildman–Crippen MR) is 120 cm³/mol. The molecule has 4 rings (SSSR count). The molecule has 1 atom stereocenters. The van der Waals surface area contributed by atoms with Gasteiger partial charge in [-0.1, -0.05) is 30.0 Å². The fourth-order valence-corrected chi connectivity index (χ4v) is 4.71. The summed E-state index contributed by atoms with van der Waals surface area (Å²) in [5, 5.41) is 0.625. The van der Waals surface area contributed by atoms with Gasteiger partial charge in [-0.05, 0) is 48.9 Å². The van der Waals surface area contributed by atoms with Gasteiger partial charge in [-0.25, -0.2) is 4.39 Å². The van der Waals surface area contributed by atoms with E-state index in [1.54, 1.807) is 31.0 Å². The van der Waals surface area contributed by atoms with E-state index in [0.717, 1.165) is 42.5 Å². The summed E-state index contributed by atoms with van der Waals surface area (Å²) in [5.74, 6) is 0.866. The van der Waals surface area contributed by atoms with Crippen molar-refractivity contribution in [2.24, 2.45) is 4.99 Å². The molecule has 1 fully saturated rings. The number of benzene rings is 2. The number of likely N-dealkylation sites (N-methyl/N-ethyl adjacent to an activating group) is 1. The molecule has 0 bridgehead atoms. The molecule has 2 aromatic carbocycles. The highest BCUT2D eigenvalue weighted by Crippen LogP contribution is 2.32. The van der Waals surface area contributed by atoms with Crippen LogP contribution in [-0.2, 0) is 17.8 Å². The van der Waals surface area contributed by atoms with Crippen LogP contribution in [0.5, 0.6) is 11.5 Å². The van der Waals surface area contributed by atoms with Crippen molar-refractivity contribution in [3.05, 3.63) is 59.4 Å². The van der Waals surface area contributed by atoms with Crippen LogP contribution in [0.1, 0.15) is 11.1 Å². The number of aliphatic imine (C=N–C) groups is 1. The van der Waals surface area contributed by atoms with Crippen LogP contribution in [0.25, 0.3) is 0 Å². The second-order valence-electron chi connectivity index (χ2n) is 7.73. The quantitative estimate of drug-likeness (QED) is 0.684. The van der Waals surface area contributed by atoms with Crippen molar-refractivity contribution < 1.29 is 18.7 Å². The van der Waals surface area contributed by atoms with Gasteiger partial charge in [0.2, 0.25) is 0 Å². The van der Waals surface area contributed by atoms with Crippen molar-refractivity contribution in [1.29, 1.82) is 0 Å². The molecule has 2 aliphatic heterocycles. The zero-order valence-corrected chi connectivity index (χ0v) is 18.5. The summed E-state index contributed by atoms with van der Waals surface area (Å²) in [7, 11) is 3.70. The van der Waals surface area contributed by atoms with Gasteiger partial charge < -0.3 is 19.3 Å². The fourth-order valence-electron chi connectivity index (χ4n) is 3.56. The van der Waals surface area contributed by atoms with Crippen LogP contribution in [0.15, 0.2) is 47.5 Å². The molecule has 2 aliphatic rings. The number of hydrogen-bond acceptors (Lipinski definition) is 6. The van der Waals surface area contributed by atoms with Crippen LogP contribution in [-0.4, -0.2) is 66.5 Å². The van der Waals surface area contributed by atoms with Gasteiger partial charge in [-0.15, -0.1) is 0 Å². The van der Waals surface area contributed by atoms with Gasteiger partial charge in [0.1, 0.15) is 12.4 Å². The Balaban J connectivity index is 1.36. The second kappa shape index (κ2) is 9.70. The topological polar surface area (TPSA) is 54.4 Å². The molecule has 0 spiro atoms. The molecule has 0 aliphatic carbocycles. The first-order chi connectivity index (χ1) is 15.0. The SMILES string of the molecule is COc1cc(CC2SC(N3CCN(C)CC3)=NC2=O)ccc1OCc1ccc(F)cc1. The van der Waals surface area contributed by atoms with E-state index in [-0.39, 0.29) is 17.0 Å². The number of nitrogens with zero attached hydrogens (tertiary/aromatic N) is 3. The maximum absolute atomic E-state index is 13.1. The summed E-state index contributed by atoms with van der Waals surface area (Å²) in [5.41, 5.74) is 1.86. The lowest BCUT2D eigenvalue weighted by atomic mass is 10.1. The summed E-state index contributed by atoms with van der Waals surface area (Å²) in [6.45, 7) is 4.08. The highest BCUT2D eigenvalue weighted by molar-refractivity contribution is 8.15. The van der Waals surface area contributed by atoms with Crippen LogP contribution < -0.4 is 9.47 Å². The van der Waals surface area contributed by atoms with Crippen LogP contribution in [0.3, 0.4) is 0 Å². The number of thioether (sulfide) groups is 1. The molecule has 164 valence electrons. The summed E-state index contributed by atoms with van der Waals surface area (Å²) in [6.07, 6.45) is 0.582. The minimum atomic E-state index is -0.273. The Bertz CT molecular complexity index is 959. The number of ether oxygens (including phenoxy) is 2. The smallest absolute Gasteiger partial charge is 0.262 e. The van der Waals surface area contributed by atoms with Gasteiger partial charge in [0.25, 0.3) is 5.91 Å². The third-order valence-electron chi connectivity index (χ3n) is 5.46. The van der Waals surface area contributed by atoms with Crippen LogP contribution >= 0.6 is 11.8 Å². The first-order valence-electron chi connectivity index (χ1n) is 10.3. The molecule has 1 amide bonds. The number of piperazine rings is 1. The summed E-state index contributed by atoms with van der Waals surface area (Å²) >= 11 is 1.55. The van der Waals surface area contributed by atoms with E-state index in [4.69, 9.17) is 9.47 Å². The van der Waals surface area contributed by atoms with E-state index >= 15 is 0 Å². The number of amidine groups is 1. The predicted octanol–water partition coefficient (Wildman–Crippen LogP) is 3.20. The molecule has 0 saturated carbocycles. The van der Waals surface area contributed by atoms with E-state index in [1.165, 1.54) is 12.1 Å². The first kappa shape index (κ1) is 21.6. The molecule has 2 heterocycles. The van der Waals surface area contributed by atoms with Gasteiger partial charge in [-0.3, -0.25) is 4.79 Å². The highest BCUT2D eigenvalue weighted by Gasteiger charge is 2.32. The third kappa shape index (κ3) is 5.37. The van der Waals surface area contributed by atoms with Crippen molar-refractivity contribution >= 4 is 22.8 Å².